The molecule has 0 aliphatic heterocycles. The molecule has 28 heavy (non-hydrogen) atoms. The molecule has 0 heterocycles. The van der Waals surface area contributed by atoms with E-state index in [2.05, 4.69) is 0 Å². The van der Waals surface area contributed by atoms with Gasteiger partial charge in [0.05, 0.1) is 22.3 Å². The zero-order chi connectivity index (χ0) is 21.8. The topological polar surface area (TPSA) is 115 Å². The molecule has 0 spiro atoms. The first-order chi connectivity index (χ1) is 12.9. The van der Waals surface area contributed by atoms with Gasteiger partial charge in [0, 0.05) is 6.42 Å². The molecule has 0 radical (unpaired) electrons. The zero-order valence-electron chi connectivity index (χ0n) is 16.8. The van der Waals surface area contributed by atoms with E-state index >= 15 is 0 Å². The Morgan fingerprint density at radius 2 is 1.07 bits per heavy atom. The van der Waals surface area contributed by atoms with Crippen molar-refractivity contribution in [2.24, 2.45) is 0 Å². The van der Waals surface area contributed by atoms with Crippen molar-refractivity contribution in [1.82, 2.24) is 0 Å². The van der Waals surface area contributed by atoms with Crippen LogP contribution in [0, 0.1) is 0 Å². The molecular weight excluding hydrogens is 360 g/mol. The van der Waals surface area contributed by atoms with Gasteiger partial charge in [-0.25, -0.2) is 9.59 Å². The van der Waals surface area contributed by atoms with Crippen molar-refractivity contribution in [3.8, 4) is 0 Å². The second-order valence-electron chi connectivity index (χ2n) is 7.18. The van der Waals surface area contributed by atoms with E-state index < -0.39 is 23.1 Å². The lowest BCUT2D eigenvalue weighted by molar-refractivity contribution is -0.0372. The van der Waals surface area contributed by atoms with Gasteiger partial charge in [0.15, 0.2) is 0 Å². The molecule has 2 aromatic carbocycles. The van der Waals surface area contributed by atoms with Crippen LogP contribution in [0.3, 0.4) is 0 Å². The number of benzene rings is 2. The van der Waals surface area contributed by atoms with Crippen molar-refractivity contribution in [2.45, 2.75) is 51.7 Å². The standard InChI is InChI=1S/C8H18O2.2C7H6O2/c1-5-8(4,10)6-7(2,3)9;2*8-7(9)6-4-2-1-3-5-6/h9-10H,5-6H2,1-4H3;2*1-5H,(H,8,9). The number of rotatable bonds is 5. The van der Waals surface area contributed by atoms with E-state index in [1.165, 1.54) is 0 Å². The van der Waals surface area contributed by atoms with E-state index in [4.69, 9.17) is 10.2 Å². The Bertz CT molecular complexity index is 653. The average molecular weight is 390 g/mol. The highest BCUT2D eigenvalue weighted by Gasteiger charge is 2.26. The maximum absolute atomic E-state index is 10.2. The van der Waals surface area contributed by atoms with E-state index in [9.17, 15) is 19.8 Å². The Morgan fingerprint density at radius 1 is 0.750 bits per heavy atom. The first kappa shape index (κ1) is 25.3. The summed E-state index contributed by atoms with van der Waals surface area (Å²) in [6, 6.07) is 16.6. The van der Waals surface area contributed by atoms with Gasteiger partial charge in [-0.2, -0.15) is 0 Å². The van der Waals surface area contributed by atoms with Crippen LogP contribution in [0.25, 0.3) is 0 Å². The minimum atomic E-state index is -0.879. The molecule has 0 fully saturated rings. The highest BCUT2D eigenvalue weighted by atomic mass is 16.4. The summed E-state index contributed by atoms with van der Waals surface area (Å²) in [6.45, 7) is 7.06. The fraction of sp³-hybridized carbons (Fsp3) is 0.364. The maximum atomic E-state index is 10.2. The van der Waals surface area contributed by atoms with E-state index in [1.54, 1.807) is 81.4 Å². The number of hydrogen-bond acceptors (Lipinski definition) is 4. The second kappa shape index (κ2) is 11.9. The third-order valence-electron chi connectivity index (χ3n) is 3.62. The third-order valence-corrected chi connectivity index (χ3v) is 3.62. The average Bonchev–Trinajstić information content (AvgIpc) is 2.62. The van der Waals surface area contributed by atoms with Gasteiger partial charge in [-0.3, -0.25) is 0 Å². The molecule has 0 aliphatic carbocycles. The van der Waals surface area contributed by atoms with Crippen molar-refractivity contribution in [1.29, 1.82) is 0 Å². The van der Waals surface area contributed by atoms with Gasteiger partial charge in [-0.15, -0.1) is 0 Å². The predicted octanol–water partition coefficient (Wildman–Crippen LogP) is 4.08. The van der Waals surface area contributed by atoms with Crippen molar-refractivity contribution >= 4 is 11.9 Å². The molecule has 0 aliphatic rings. The summed E-state index contributed by atoms with van der Waals surface area (Å²) in [5, 5.41) is 35.6. The lowest BCUT2D eigenvalue weighted by Gasteiger charge is -2.28. The second-order valence-corrected chi connectivity index (χ2v) is 7.18. The third kappa shape index (κ3) is 12.6. The summed E-state index contributed by atoms with van der Waals surface area (Å²) in [7, 11) is 0. The fourth-order valence-corrected chi connectivity index (χ4v) is 2.22. The number of carboxylic acid groups (broad SMARTS) is 2. The molecule has 1 atom stereocenters. The SMILES string of the molecule is CCC(C)(O)CC(C)(C)O.O=C(O)c1ccccc1.O=C(O)c1ccccc1. The van der Waals surface area contributed by atoms with Crippen LogP contribution in [0.2, 0.25) is 0 Å². The molecule has 0 aromatic heterocycles. The van der Waals surface area contributed by atoms with Gasteiger partial charge in [0.2, 0.25) is 0 Å². The molecule has 154 valence electrons. The first-order valence-electron chi connectivity index (χ1n) is 8.89. The summed E-state index contributed by atoms with van der Waals surface area (Å²) in [5.74, 6) is -1.76. The number of carboxylic acids is 2. The van der Waals surface area contributed by atoms with Crippen LogP contribution in [-0.2, 0) is 0 Å². The van der Waals surface area contributed by atoms with E-state index in [-0.39, 0.29) is 0 Å². The molecule has 4 N–H and O–H groups in total. The van der Waals surface area contributed by atoms with Gasteiger partial charge in [-0.05, 0) is 51.5 Å². The Kier molecular flexibility index (Phi) is 10.7. The molecule has 1 unspecified atom stereocenters. The molecular formula is C22H30O6. The van der Waals surface area contributed by atoms with Crippen molar-refractivity contribution < 1.29 is 30.0 Å². The van der Waals surface area contributed by atoms with Crippen LogP contribution < -0.4 is 0 Å². The van der Waals surface area contributed by atoms with Crippen molar-refractivity contribution in [3.05, 3.63) is 71.8 Å². The highest BCUT2D eigenvalue weighted by Crippen LogP contribution is 2.22. The number of carbonyl (C=O) groups is 2. The minimum absolute atomic E-state index is 0.331. The quantitative estimate of drug-likeness (QED) is 0.611. The van der Waals surface area contributed by atoms with Crippen LogP contribution in [0.1, 0.15) is 61.3 Å². The lowest BCUT2D eigenvalue weighted by atomic mass is 9.89. The van der Waals surface area contributed by atoms with E-state index in [1.807, 2.05) is 6.92 Å². The van der Waals surface area contributed by atoms with Crippen LogP contribution in [-0.4, -0.2) is 43.6 Å². The lowest BCUT2D eigenvalue weighted by Crippen LogP contribution is -2.34. The highest BCUT2D eigenvalue weighted by molar-refractivity contribution is 5.87. The molecule has 0 bridgehead atoms. The summed E-state index contributed by atoms with van der Waals surface area (Å²) < 4.78 is 0. The fourth-order valence-electron chi connectivity index (χ4n) is 2.22. The van der Waals surface area contributed by atoms with Crippen LogP contribution >= 0.6 is 0 Å². The largest absolute Gasteiger partial charge is 0.478 e. The number of hydrogen-bond donors (Lipinski definition) is 4. The van der Waals surface area contributed by atoms with Gasteiger partial charge < -0.3 is 20.4 Å². The summed E-state index contributed by atoms with van der Waals surface area (Å²) >= 11 is 0. The smallest absolute Gasteiger partial charge is 0.335 e. The summed E-state index contributed by atoms with van der Waals surface area (Å²) in [5.41, 5.74) is -0.826. The maximum Gasteiger partial charge on any atom is 0.335 e. The van der Waals surface area contributed by atoms with Gasteiger partial charge >= 0.3 is 11.9 Å². The Morgan fingerprint density at radius 3 is 1.21 bits per heavy atom. The molecule has 0 saturated carbocycles. The Labute approximate surface area is 166 Å². The van der Waals surface area contributed by atoms with Crippen molar-refractivity contribution in [2.75, 3.05) is 0 Å². The van der Waals surface area contributed by atoms with Gasteiger partial charge in [0.25, 0.3) is 0 Å². The summed E-state index contributed by atoms with van der Waals surface area (Å²) in [6.07, 6.45) is 1.10. The first-order valence-corrected chi connectivity index (χ1v) is 8.89. The minimum Gasteiger partial charge on any atom is -0.478 e. The Hall–Kier alpha value is -2.70. The Balaban J connectivity index is 0.000000391. The number of aromatic carboxylic acids is 2. The van der Waals surface area contributed by atoms with Gasteiger partial charge in [-0.1, -0.05) is 43.3 Å². The molecule has 0 amide bonds. The van der Waals surface area contributed by atoms with E-state index in [0.29, 0.717) is 24.0 Å². The zero-order valence-corrected chi connectivity index (χ0v) is 16.8. The molecule has 6 nitrogen and oxygen atoms in total. The monoisotopic (exact) mass is 390 g/mol. The van der Waals surface area contributed by atoms with Gasteiger partial charge in [0.1, 0.15) is 0 Å². The molecule has 2 aromatic rings. The van der Waals surface area contributed by atoms with Crippen molar-refractivity contribution in [3.63, 3.8) is 0 Å². The summed E-state index contributed by atoms with van der Waals surface area (Å²) in [4.78, 5) is 20.4. The van der Waals surface area contributed by atoms with Crippen LogP contribution in [0.4, 0.5) is 0 Å². The molecule has 6 heteroatoms. The van der Waals surface area contributed by atoms with Crippen LogP contribution in [0.5, 0.6) is 0 Å². The normalized spacial score (nSPS) is 12.4. The molecule has 2 rings (SSSR count). The predicted molar refractivity (Wildman–Crippen MR) is 109 cm³/mol. The van der Waals surface area contributed by atoms with E-state index in [0.717, 1.165) is 0 Å². The molecule has 0 saturated heterocycles. The van der Waals surface area contributed by atoms with Crippen LogP contribution in [0.15, 0.2) is 60.7 Å². The number of aliphatic hydroxyl groups is 2.